The van der Waals surface area contributed by atoms with Gasteiger partial charge in [0.05, 0.1) is 16.0 Å². The van der Waals surface area contributed by atoms with Gasteiger partial charge >= 0.3 is 0 Å². The first kappa shape index (κ1) is 19.8. The molecule has 1 saturated heterocycles. The van der Waals surface area contributed by atoms with Gasteiger partial charge in [-0.25, -0.2) is 0 Å². The van der Waals surface area contributed by atoms with Crippen LogP contribution in [0.1, 0.15) is 69.8 Å². The molecule has 3 aliphatic rings. The lowest BCUT2D eigenvalue weighted by atomic mass is 9.94. The van der Waals surface area contributed by atoms with Crippen LogP contribution >= 0.6 is 23.4 Å². The lowest BCUT2D eigenvalue weighted by Gasteiger charge is -2.31. The van der Waals surface area contributed by atoms with Crippen molar-refractivity contribution >= 4 is 40.5 Å². The number of rotatable bonds is 3. The van der Waals surface area contributed by atoms with Gasteiger partial charge in [0.25, 0.3) is 5.91 Å². The van der Waals surface area contributed by atoms with Crippen LogP contribution in [0.5, 0.6) is 5.75 Å². The highest BCUT2D eigenvalue weighted by atomic mass is 35.5. The maximum atomic E-state index is 13.3. The highest BCUT2D eigenvalue weighted by molar-refractivity contribution is 8.18. The molecular formula is C22H27ClN2O2S. The maximum Gasteiger partial charge on any atom is 0.266 e. The van der Waals surface area contributed by atoms with Crippen molar-refractivity contribution < 1.29 is 9.90 Å². The molecule has 0 aromatic heterocycles. The quantitative estimate of drug-likeness (QED) is 0.614. The summed E-state index contributed by atoms with van der Waals surface area (Å²) in [5, 5.41) is 10.8. The lowest BCUT2D eigenvalue weighted by molar-refractivity contribution is -0.124. The molecule has 4 nitrogen and oxygen atoms in total. The number of amidine groups is 1. The van der Waals surface area contributed by atoms with E-state index in [-0.39, 0.29) is 17.7 Å². The average Bonchev–Trinajstić information content (AvgIpc) is 3.01. The van der Waals surface area contributed by atoms with Gasteiger partial charge < -0.3 is 5.11 Å². The van der Waals surface area contributed by atoms with Crippen LogP contribution in [0.25, 0.3) is 6.08 Å². The smallest absolute Gasteiger partial charge is 0.266 e. The van der Waals surface area contributed by atoms with Gasteiger partial charge in [-0.15, -0.1) is 0 Å². The summed E-state index contributed by atoms with van der Waals surface area (Å²) in [7, 11) is 0. The van der Waals surface area contributed by atoms with E-state index in [0.717, 1.165) is 36.4 Å². The number of aliphatic imine (C=N–C) groups is 1. The fourth-order valence-electron chi connectivity index (χ4n) is 4.37. The molecule has 150 valence electrons. The first-order valence-electron chi connectivity index (χ1n) is 10.4. The number of hydrogen-bond donors (Lipinski definition) is 1. The van der Waals surface area contributed by atoms with Crippen molar-refractivity contribution in [2.24, 2.45) is 4.99 Å². The van der Waals surface area contributed by atoms with Gasteiger partial charge in [0.2, 0.25) is 0 Å². The number of hydrogen-bond acceptors (Lipinski definition) is 4. The Bertz CT molecular complexity index is 796. The van der Waals surface area contributed by atoms with Crippen molar-refractivity contribution in [2.75, 3.05) is 0 Å². The van der Waals surface area contributed by atoms with Crippen LogP contribution in [0, 0.1) is 0 Å². The Kier molecular flexibility index (Phi) is 6.32. The van der Waals surface area contributed by atoms with Gasteiger partial charge in [-0.1, -0.05) is 56.2 Å². The predicted octanol–water partition coefficient (Wildman–Crippen LogP) is 5.98. The van der Waals surface area contributed by atoms with Crippen molar-refractivity contribution in [1.29, 1.82) is 0 Å². The number of halogens is 1. The molecule has 4 rings (SSSR count). The number of aromatic hydroxyl groups is 1. The normalized spacial score (nSPS) is 25.2. The summed E-state index contributed by atoms with van der Waals surface area (Å²) in [6, 6.07) is 5.65. The van der Waals surface area contributed by atoms with Crippen LogP contribution in [-0.4, -0.2) is 33.2 Å². The zero-order valence-electron chi connectivity index (χ0n) is 16.1. The van der Waals surface area contributed by atoms with Crippen molar-refractivity contribution in [3.05, 3.63) is 33.7 Å². The molecule has 0 atom stereocenters. The van der Waals surface area contributed by atoms with E-state index in [9.17, 15) is 9.90 Å². The minimum atomic E-state index is 0.0533. The Morgan fingerprint density at radius 2 is 1.75 bits per heavy atom. The summed E-state index contributed by atoms with van der Waals surface area (Å²) in [6.45, 7) is 0. The molecule has 3 fully saturated rings. The van der Waals surface area contributed by atoms with Gasteiger partial charge in [-0.2, -0.15) is 0 Å². The van der Waals surface area contributed by atoms with Crippen molar-refractivity contribution in [3.8, 4) is 5.75 Å². The van der Waals surface area contributed by atoms with Crippen LogP contribution in [0.4, 0.5) is 0 Å². The molecular weight excluding hydrogens is 392 g/mol. The van der Waals surface area contributed by atoms with E-state index < -0.39 is 0 Å². The summed E-state index contributed by atoms with van der Waals surface area (Å²) in [5.74, 6) is 0.119. The number of amides is 1. The van der Waals surface area contributed by atoms with Gasteiger partial charge in [0, 0.05) is 6.04 Å². The van der Waals surface area contributed by atoms with Crippen molar-refractivity contribution in [1.82, 2.24) is 4.90 Å². The zero-order chi connectivity index (χ0) is 19.5. The molecule has 0 spiro atoms. The molecule has 1 aromatic rings. The van der Waals surface area contributed by atoms with E-state index in [0.29, 0.717) is 16.0 Å². The number of phenolic OH excluding ortho intramolecular Hbond substituents is 1. The summed E-state index contributed by atoms with van der Waals surface area (Å²) < 4.78 is 0. The minimum Gasteiger partial charge on any atom is -0.506 e. The topological polar surface area (TPSA) is 52.9 Å². The lowest BCUT2D eigenvalue weighted by Crippen LogP contribution is -2.41. The predicted molar refractivity (Wildman–Crippen MR) is 117 cm³/mol. The molecule has 1 aromatic carbocycles. The molecule has 2 aliphatic carbocycles. The Balaban J connectivity index is 1.63. The van der Waals surface area contributed by atoms with Crippen molar-refractivity contribution in [2.45, 2.75) is 76.3 Å². The number of nitrogens with zero attached hydrogens (tertiary/aromatic N) is 2. The Labute approximate surface area is 176 Å². The van der Waals surface area contributed by atoms with E-state index in [1.165, 1.54) is 50.3 Å². The second-order valence-corrected chi connectivity index (χ2v) is 9.41. The monoisotopic (exact) mass is 418 g/mol. The number of carbonyl (C=O) groups is 1. The minimum absolute atomic E-state index is 0.0533. The first-order chi connectivity index (χ1) is 13.6. The van der Waals surface area contributed by atoms with Gasteiger partial charge in [-0.3, -0.25) is 14.7 Å². The average molecular weight is 419 g/mol. The molecule has 1 amide bonds. The SMILES string of the molecule is O=C1/C(=C/c2ccc(O)c(Cl)c2)SC(=NC2CCCCC2)N1C1CCCCC1. The Morgan fingerprint density at radius 1 is 1.07 bits per heavy atom. The fraction of sp³-hybridized carbons (Fsp3) is 0.545. The number of benzene rings is 1. The summed E-state index contributed by atoms with van der Waals surface area (Å²) in [6.07, 6.45) is 13.6. The third kappa shape index (κ3) is 4.41. The molecule has 1 N–H and O–H groups in total. The second kappa shape index (κ2) is 8.91. The molecule has 1 aliphatic heterocycles. The van der Waals surface area contributed by atoms with E-state index in [4.69, 9.17) is 16.6 Å². The number of phenols is 1. The van der Waals surface area contributed by atoms with Gasteiger partial charge in [0.15, 0.2) is 5.17 Å². The molecule has 1 heterocycles. The van der Waals surface area contributed by atoms with Crippen LogP contribution in [0.3, 0.4) is 0 Å². The highest BCUT2D eigenvalue weighted by Gasteiger charge is 2.39. The van der Waals surface area contributed by atoms with Crippen molar-refractivity contribution in [3.63, 3.8) is 0 Å². The molecule has 2 saturated carbocycles. The van der Waals surface area contributed by atoms with Crippen LogP contribution in [0.15, 0.2) is 28.1 Å². The fourth-order valence-corrected chi connectivity index (χ4v) is 5.67. The summed E-state index contributed by atoms with van der Waals surface area (Å²) >= 11 is 7.54. The first-order valence-corrected chi connectivity index (χ1v) is 11.6. The third-order valence-corrected chi connectivity index (χ3v) is 7.21. The summed E-state index contributed by atoms with van der Waals surface area (Å²) in [4.78, 5) is 21.0. The molecule has 0 unspecified atom stereocenters. The second-order valence-electron chi connectivity index (χ2n) is 7.99. The maximum absolute atomic E-state index is 13.3. The molecule has 28 heavy (non-hydrogen) atoms. The van der Waals surface area contributed by atoms with Gasteiger partial charge in [-0.05, 0) is 61.2 Å². The largest absolute Gasteiger partial charge is 0.506 e. The molecule has 0 radical (unpaired) electrons. The zero-order valence-corrected chi connectivity index (χ0v) is 17.6. The summed E-state index contributed by atoms with van der Waals surface area (Å²) in [5.41, 5.74) is 0.821. The van der Waals surface area contributed by atoms with E-state index in [2.05, 4.69) is 0 Å². The highest BCUT2D eigenvalue weighted by Crippen LogP contribution is 2.39. The Hall–Kier alpha value is -1.46. The van der Waals surface area contributed by atoms with E-state index >= 15 is 0 Å². The standard InChI is InChI=1S/C22H27ClN2O2S/c23-18-13-15(11-12-19(18)26)14-20-21(27)25(17-9-5-2-6-10-17)22(28-20)24-16-7-3-1-4-8-16/h11-14,16-17,26H,1-10H2/b20-14-,24-22?. The molecule has 0 bridgehead atoms. The number of carbonyl (C=O) groups excluding carboxylic acids is 1. The van der Waals surface area contributed by atoms with Crippen LogP contribution in [-0.2, 0) is 4.79 Å². The number of thioether (sulfide) groups is 1. The third-order valence-electron chi connectivity index (χ3n) is 5.91. The van der Waals surface area contributed by atoms with Crippen LogP contribution < -0.4 is 0 Å². The van der Waals surface area contributed by atoms with Crippen LogP contribution in [0.2, 0.25) is 5.02 Å². The van der Waals surface area contributed by atoms with E-state index in [1.54, 1.807) is 18.2 Å². The molecule has 6 heteroatoms. The van der Waals surface area contributed by atoms with Gasteiger partial charge in [0.1, 0.15) is 5.75 Å². The Morgan fingerprint density at radius 3 is 2.43 bits per heavy atom. The van der Waals surface area contributed by atoms with E-state index in [1.807, 2.05) is 11.0 Å².